The van der Waals surface area contributed by atoms with Crippen molar-refractivity contribution in [1.82, 2.24) is 20.2 Å². The highest BCUT2D eigenvalue weighted by Crippen LogP contribution is 2.30. The van der Waals surface area contributed by atoms with Gasteiger partial charge in [0.25, 0.3) is 0 Å². The number of nitrogens with zero attached hydrogens (tertiary/aromatic N) is 4. The van der Waals surface area contributed by atoms with Crippen LogP contribution >= 0.6 is 0 Å². The molecule has 0 amide bonds. The summed E-state index contributed by atoms with van der Waals surface area (Å²) in [7, 11) is -0.875. The fourth-order valence-electron chi connectivity index (χ4n) is 2.83. The van der Waals surface area contributed by atoms with Gasteiger partial charge >= 0.3 is 0 Å². The zero-order valence-corrected chi connectivity index (χ0v) is 17.4. The zero-order chi connectivity index (χ0) is 22.5. The van der Waals surface area contributed by atoms with Crippen LogP contribution in [0.2, 0.25) is 0 Å². The smallest absolute Gasteiger partial charge is 0.229 e. The van der Waals surface area contributed by atoms with Crippen molar-refractivity contribution >= 4 is 45.1 Å². The van der Waals surface area contributed by atoms with E-state index in [1.54, 1.807) is 24.2 Å². The molecule has 4 aromatic rings. The molecule has 31 heavy (non-hydrogen) atoms. The van der Waals surface area contributed by atoms with Crippen LogP contribution in [0.25, 0.3) is 10.9 Å². The minimum Gasteiger partial charge on any atom is -0.324 e. The number of nitrogens with one attached hydrogen (secondary N) is 2. The monoisotopic (exact) mass is 447 g/mol. The molecular weight excluding hydrogens is 428 g/mol. The van der Waals surface area contributed by atoms with Crippen LogP contribution in [-0.4, -0.2) is 35.6 Å². The van der Waals surface area contributed by atoms with E-state index in [1.165, 1.54) is 6.07 Å². The summed E-state index contributed by atoms with van der Waals surface area (Å²) in [5.41, 5.74) is 2.01. The fraction of sp³-hybridized carbons (Fsp3) is 0.105. The van der Waals surface area contributed by atoms with E-state index in [-0.39, 0.29) is 5.52 Å². The van der Waals surface area contributed by atoms with Crippen LogP contribution in [0.5, 0.6) is 0 Å². The van der Waals surface area contributed by atoms with E-state index >= 15 is 0 Å². The molecule has 9 nitrogen and oxygen atoms in total. The fourth-order valence-corrected chi connectivity index (χ4v) is 2.83. The molecule has 2 aromatic carbocycles. The number of benzene rings is 2. The first-order chi connectivity index (χ1) is 14.8. The van der Waals surface area contributed by atoms with Crippen LogP contribution in [0.3, 0.4) is 0 Å². The van der Waals surface area contributed by atoms with Crippen LogP contribution in [0.1, 0.15) is 5.56 Å². The van der Waals surface area contributed by atoms with Gasteiger partial charge in [-0.25, -0.2) is 27.3 Å². The van der Waals surface area contributed by atoms with Gasteiger partial charge in [-0.05, 0) is 42.8 Å². The molecule has 0 spiro atoms. The van der Waals surface area contributed by atoms with Gasteiger partial charge < -0.3 is 10.2 Å². The number of rotatable bonds is 4. The largest absolute Gasteiger partial charge is 0.324 e. The average molecular weight is 447 g/mol. The second-order valence-corrected chi connectivity index (χ2v) is 6.98. The zero-order valence-electron chi connectivity index (χ0n) is 16.5. The Morgan fingerprint density at radius 3 is 2.61 bits per heavy atom. The molecule has 0 atom stereocenters. The minimum absolute atomic E-state index is 0.0176. The lowest BCUT2D eigenvalue weighted by atomic mass is 10.2. The normalized spacial score (nSPS) is 10.6. The summed E-state index contributed by atoms with van der Waals surface area (Å²) in [6.07, 6.45) is 1.62. The van der Waals surface area contributed by atoms with E-state index in [9.17, 15) is 8.78 Å². The SMILES string of the molecule is Cc1cccc(Nc2nccc(N(C)c3n[nH]c4c(F)c(F)ccc34)n2)c1.N[SH](=O)=O. The Bertz CT molecular complexity index is 1290. The summed E-state index contributed by atoms with van der Waals surface area (Å²) in [4.78, 5) is 10.4. The van der Waals surface area contributed by atoms with Gasteiger partial charge in [0.2, 0.25) is 5.95 Å². The van der Waals surface area contributed by atoms with Crippen LogP contribution < -0.4 is 15.4 Å². The van der Waals surface area contributed by atoms with Gasteiger partial charge in [-0.15, -0.1) is 0 Å². The molecular formula is C19H19F2N7O2S. The van der Waals surface area contributed by atoms with E-state index < -0.39 is 22.5 Å². The van der Waals surface area contributed by atoms with Crippen molar-refractivity contribution in [3.8, 4) is 0 Å². The molecule has 0 radical (unpaired) electrons. The van der Waals surface area contributed by atoms with E-state index in [1.807, 2.05) is 31.2 Å². The predicted molar refractivity (Wildman–Crippen MR) is 115 cm³/mol. The van der Waals surface area contributed by atoms with Gasteiger partial charge in [-0.1, -0.05) is 12.1 Å². The number of fused-ring (bicyclic) bond motifs is 1. The topological polar surface area (TPSA) is 130 Å². The molecule has 2 aromatic heterocycles. The first-order valence-electron chi connectivity index (χ1n) is 8.88. The Morgan fingerprint density at radius 1 is 1.16 bits per heavy atom. The second-order valence-electron chi connectivity index (χ2n) is 6.41. The molecule has 0 aliphatic carbocycles. The average Bonchev–Trinajstić information content (AvgIpc) is 3.15. The van der Waals surface area contributed by atoms with Crippen LogP contribution in [-0.2, 0) is 10.9 Å². The van der Waals surface area contributed by atoms with Crippen molar-refractivity contribution in [2.75, 3.05) is 17.3 Å². The Kier molecular flexibility index (Phi) is 6.72. The number of halogens is 2. The van der Waals surface area contributed by atoms with Gasteiger partial charge in [0, 0.05) is 24.3 Å². The van der Waals surface area contributed by atoms with E-state index in [4.69, 9.17) is 8.42 Å². The highest BCUT2D eigenvalue weighted by Gasteiger charge is 2.17. The molecule has 0 fully saturated rings. The van der Waals surface area contributed by atoms with Gasteiger partial charge in [0.15, 0.2) is 28.3 Å². The Hall–Kier alpha value is -3.64. The Labute approximate surface area is 178 Å². The third-order valence-electron chi connectivity index (χ3n) is 4.19. The highest BCUT2D eigenvalue weighted by molar-refractivity contribution is 7.69. The highest BCUT2D eigenvalue weighted by atomic mass is 32.2. The molecule has 0 bridgehead atoms. The van der Waals surface area contributed by atoms with Crippen LogP contribution in [0, 0.1) is 18.6 Å². The molecule has 4 N–H and O–H groups in total. The number of nitrogens with two attached hydrogens (primary N) is 1. The molecule has 4 rings (SSSR count). The summed E-state index contributed by atoms with van der Waals surface area (Å²) in [5, 5.41) is 14.3. The lowest BCUT2D eigenvalue weighted by Crippen LogP contribution is -2.13. The molecule has 12 heteroatoms. The first-order valence-corrected chi connectivity index (χ1v) is 10.1. The number of hydrogen-bond acceptors (Lipinski definition) is 7. The lowest BCUT2D eigenvalue weighted by Gasteiger charge is -2.16. The molecule has 0 saturated carbocycles. The van der Waals surface area contributed by atoms with Gasteiger partial charge in [-0.2, -0.15) is 10.1 Å². The van der Waals surface area contributed by atoms with Crippen molar-refractivity contribution in [1.29, 1.82) is 0 Å². The maximum atomic E-state index is 13.9. The van der Waals surface area contributed by atoms with Crippen molar-refractivity contribution in [2.45, 2.75) is 6.92 Å². The van der Waals surface area contributed by atoms with Gasteiger partial charge in [0.1, 0.15) is 11.3 Å². The third-order valence-corrected chi connectivity index (χ3v) is 4.19. The number of thiol groups is 1. The van der Waals surface area contributed by atoms with Crippen molar-refractivity contribution in [2.24, 2.45) is 5.14 Å². The number of hydrogen-bond donors (Lipinski definition) is 4. The van der Waals surface area contributed by atoms with E-state index in [2.05, 4.69) is 30.6 Å². The molecule has 0 aliphatic rings. The second kappa shape index (κ2) is 9.45. The summed E-state index contributed by atoms with van der Waals surface area (Å²) >= 11 is 0. The summed E-state index contributed by atoms with van der Waals surface area (Å²) < 4.78 is 45.0. The molecule has 0 aliphatic heterocycles. The van der Waals surface area contributed by atoms with Gasteiger partial charge in [0.05, 0.1) is 0 Å². The van der Waals surface area contributed by atoms with Crippen molar-refractivity contribution < 1.29 is 17.2 Å². The maximum Gasteiger partial charge on any atom is 0.229 e. The minimum atomic E-state index is -2.62. The quantitative estimate of drug-likeness (QED) is 0.354. The van der Waals surface area contributed by atoms with E-state index in [0.29, 0.717) is 23.0 Å². The molecule has 0 saturated heterocycles. The Balaban J connectivity index is 0.000000628. The summed E-state index contributed by atoms with van der Waals surface area (Å²) in [6, 6.07) is 12.1. The summed E-state index contributed by atoms with van der Waals surface area (Å²) in [6.45, 7) is 2.00. The lowest BCUT2D eigenvalue weighted by molar-refractivity contribution is 0.515. The number of aromatic amines is 1. The van der Waals surface area contributed by atoms with Gasteiger partial charge in [-0.3, -0.25) is 5.10 Å². The summed E-state index contributed by atoms with van der Waals surface area (Å²) in [5.74, 6) is -0.472. The maximum absolute atomic E-state index is 13.9. The molecule has 162 valence electrons. The van der Waals surface area contributed by atoms with Crippen LogP contribution in [0.4, 0.5) is 32.1 Å². The predicted octanol–water partition coefficient (Wildman–Crippen LogP) is 2.92. The Morgan fingerprint density at radius 2 is 1.90 bits per heavy atom. The number of aryl methyl sites for hydroxylation is 1. The van der Waals surface area contributed by atoms with E-state index in [0.717, 1.165) is 17.3 Å². The number of anilines is 4. The first kappa shape index (κ1) is 22.1. The van der Waals surface area contributed by atoms with Crippen LogP contribution in [0.15, 0.2) is 48.7 Å². The standard InChI is InChI=1S/C19H16F2N6.H3NO2S/c1-11-4-3-5-12(10-11)23-19-22-9-8-15(24-19)27(2)18-13-6-7-14(20)16(21)17(13)25-26-18;1-4(2)3/h3-10H,1-2H3,(H,25,26)(H,22,23,24);4H,(H2,1,2,3). The number of aromatic nitrogens is 4. The van der Waals surface area contributed by atoms with Crippen molar-refractivity contribution in [3.05, 3.63) is 65.9 Å². The molecule has 2 heterocycles. The third kappa shape index (κ3) is 5.29. The number of H-pyrrole nitrogens is 1. The molecule has 0 unspecified atom stereocenters. The van der Waals surface area contributed by atoms with Crippen molar-refractivity contribution in [3.63, 3.8) is 0 Å².